The largest absolute Gasteiger partial charge is 0.459 e. The standard InChI is InChI=1S/C41H74N2O11/c1-15-17-18-42(12)30-19-25(4)50-32(20-30)54-37-26(5)34(53-33-22-40(10,49-14)36(45)29(8)51-33)27(6)38(46)52-31(16-2)41(11,48)35(44)28(7)43(13)23-24(3)21-39(37,9)47/h1,24-37,44-45,47-48H,16-23H2,2-14H3/t24-,25-,26+,27-,28-,29+,30+,31-,32+,33+,34+,35-,36+,37-,39-,40-,41-/m1/s1. The smallest absolute Gasteiger partial charge is 0.311 e. The molecule has 0 amide bonds. The number of cyclic esters (lactones) is 1. The normalized spacial score (nSPS) is 46.6. The van der Waals surface area contributed by atoms with Crippen LogP contribution in [-0.2, 0) is 33.2 Å². The lowest BCUT2D eigenvalue weighted by atomic mass is 9.77. The van der Waals surface area contributed by atoms with Crippen LogP contribution in [0.5, 0.6) is 0 Å². The van der Waals surface area contributed by atoms with Gasteiger partial charge in [-0.3, -0.25) is 4.79 Å². The molecule has 17 atom stereocenters. The second-order valence-electron chi connectivity index (χ2n) is 17.5. The van der Waals surface area contributed by atoms with Crippen molar-refractivity contribution in [2.24, 2.45) is 17.8 Å². The number of likely N-dealkylation sites (N-methyl/N-ethyl adjacent to an activating group) is 1. The van der Waals surface area contributed by atoms with Gasteiger partial charge in [0.15, 0.2) is 12.6 Å². The molecular formula is C41H74N2O11. The molecule has 3 heterocycles. The average molecular weight is 771 g/mol. The predicted molar refractivity (Wildman–Crippen MR) is 205 cm³/mol. The molecule has 0 radical (unpaired) electrons. The number of hydrogen-bond donors (Lipinski definition) is 4. The van der Waals surface area contributed by atoms with Crippen LogP contribution < -0.4 is 0 Å². The highest BCUT2D eigenvalue weighted by atomic mass is 16.7. The molecule has 0 saturated carbocycles. The summed E-state index contributed by atoms with van der Waals surface area (Å²) in [4.78, 5) is 18.4. The molecule has 314 valence electrons. The number of ether oxygens (including phenoxy) is 6. The van der Waals surface area contributed by atoms with E-state index in [9.17, 15) is 25.2 Å². The average Bonchev–Trinajstić information content (AvgIpc) is 3.10. The Kier molecular flexibility index (Phi) is 16.8. The third kappa shape index (κ3) is 11.2. The Balaban J connectivity index is 2.14. The molecule has 3 aliphatic heterocycles. The number of hydrogen-bond acceptors (Lipinski definition) is 13. The molecule has 0 unspecified atom stereocenters. The van der Waals surface area contributed by atoms with Gasteiger partial charge in [0.2, 0.25) is 0 Å². The third-order valence-electron chi connectivity index (χ3n) is 12.6. The number of aliphatic hydroxyl groups excluding tert-OH is 2. The predicted octanol–water partition coefficient (Wildman–Crippen LogP) is 3.32. The SMILES string of the molecule is C#CCCN(C)[C@@H]1C[C@H](O[C@@H]2[C@@H](C)[C@H](O[C@H]3C[C@@](C)(OC)[C@@H](O)[C@H](C)O3)[C@@H](C)C(=O)O[C@H](CC)[C@@](C)(O)[C@H](O)[C@@H](C)N(C)C[C@H](C)C[C@@]2(C)O)O[C@H](C)C1. The van der Waals surface area contributed by atoms with Crippen LogP contribution in [0.4, 0.5) is 0 Å². The topological polar surface area (TPSA) is 160 Å². The van der Waals surface area contributed by atoms with Crippen molar-refractivity contribution in [3.05, 3.63) is 0 Å². The lowest BCUT2D eigenvalue weighted by Crippen LogP contribution is -2.59. The molecule has 13 nitrogen and oxygen atoms in total. The first-order valence-electron chi connectivity index (χ1n) is 20.0. The molecule has 13 heteroatoms. The van der Waals surface area contributed by atoms with Crippen molar-refractivity contribution >= 4 is 5.97 Å². The van der Waals surface area contributed by atoms with Crippen molar-refractivity contribution in [2.45, 2.75) is 192 Å². The van der Waals surface area contributed by atoms with Gasteiger partial charge in [0.05, 0.1) is 41.5 Å². The lowest BCUT2D eigenvalue weighted by molar-refractivity contribution is -0.308. The molecule has 4 N–H and O–H groups in total. The highest BCUT2D eigenvalue weighted by Gasteiger charge is 2.52. The minimum atomic E-state index is -1.78. The second kappa shape index (κ2) is 19.4. The monoisotopic (exact) mass is 771 g/mol. The summed E-state index contributed by atoms with van der Waals surface area (Å²) >= 11 is 0. The van der Waals surface area contributed by atoms with E-state index in [1.807, 2.05) is 46.7 Å². The zero-order valence-corrected chi connectivity index (χ0v) is 35.4. The number of aliphatic hydroxyl groups is 4. The maximum absolute atomic E-state index is 14.3. The van der Waals surface area contributed by atoms with Gasteiger partial charge in [-0.05, 0) is 87.7 Å². The number of methoxy groups -OCH3 is 1. The summed E-state index contributed by atoms with van der Waals surface area (Å²) in [5.41, 5.74) is -4.24. The van der Waals surface area contributed by atoms with Gasteiger partial charge in [0.25, 0.3) is 0 Å². The zero-order valence-electron chi connectivity index (χ0n) is 35.4. The number of terminal acetylenes is 1. The van der Waals surface area contributed by atoms with Crippen LogP contribution in [0.3, 0.4) is 0 Å². The van der Waals surface area contributed by atoms with Gasteiger partial charge in [-0.1, -0.05) is 20.8 Å². The van der Waals surface area contributed by atoms with Gasteiger partial charge in [-0.25, -0.2) is 0 Å². The quantitative estimate of drug-likeness (QED) is 0.200. The fraction of sp³-hybridized carbons (Fsp3) is 0.927. The van der Waals surface area contributed by atoms with Crippen LogP contribution >= 0.6 is 0 Å². The van der Waals surface area contributed by atoms with Crippen LogP contribution in [0.25, 0.3) is 0 Å². The molecule has 54 heavy (non-hydrogen) atoms. The van der Waals surface area contributed by atoms with E-state index in [2.05, 4.69) is 10.8 Å². The van der Waals surface area contributed by atoms with E-state index in [1.165, 1.54) is 14.0 Å². The number of carbonyl (C=O) groups is 1. The van der Waals surface area contributed by atoms with Gasteiger partial charge < -0.3 is 58.6 Å². The summed E-state index contributed by atoms with van der Waals surface area (Å²) < 4.78 is 38.1. The Bertz CT molecular complexity index is 1230. The summed E-state index contributed by atoms with van der Waals surface area (Å²) in [7, 11) is 5.44. The molecule has 0 aromatic carbocycles. The van der Waals surface area contributed by atoms with E-state index in [-0.39, 0.29) is 30.9 Å². The summed E-state index contributed by atoms with van der Waals surface area (Å²) in [6, 6.07) is -0.383. The van der Waals surface area contributed by atoms with Crippen molar-refractivity contribution in [1.82, 2.24) is 9.80 Å². The van der Waals surface area contributed by atoms with Crippen molar-refractivity contribution in [2.75, 3.05) is 34.3 Å². The van der Waals surface area contributed by atoms with Crippen LogP contribution in [-0.4, -0.2) is 155 Å². The van der Waals surface area contributed by atoms with Crippen LogP contribution in [0.15, 0.2) is 0 Å². The molecule has 3 fully saturated rings. The molecule has 3 rings (SSSR count). The van der Waals surface area contributed by atoms with Gasteiger partial charge >= 0.3 is 5.97 Å². The van der Waals surface area contributed by atoms with Crippen LogP contribution in [0.1, 0.15) is 108 Å². The minimum absolute atomic E-state index is 0.0926. The van der Waals surface area contributed by atoms with Gasteiger partial charge in [0, 0.05) is 57.5 Å². The maximum atomic E-state index is 14.3. The Morgan fingerprint density at radius 2 is 1.63 bits per heavy atom. The summed E-state index contributed by atoms with van der Waals surface area (Å²) in [6.07, 6.45) is 0.809. The number of rotatable bonds is 9. The molecule has 0 aromatic rings. The fourth-order valence-corrected chi connectivity index (χ4v) is 9.04. The van der Waals surface area contributed by atoms with Crippen LogP contribution in [0.2, 0.25) is 0 Å². The van der Waals surface area contributed by atoms with Gasteiger partial charge in [0.1, 0.15) is 23.9 Å². The van der Waals surface area contributed by atoms with Crippen molar-refractivity contribution < 1.29 is 53.6 Å². The molecule has 3 aliphatic rings. The Morgan fingerprint density at radius 3 is 2.22 bits per heavy atom. The molecule has 0 spiro atoms. The molecule has 0 aliphatic carbocycles. The Hall–Kier alpha value is -1.41. The lowest BCUT2D eigenvalue weighted by Gasteiger charge is -2.48. The van der Waals surface area contributed by atoms with Gasteiger partial charge in [-0.15, -0.1) is 12.3 Å². The summed E-state index contributed by atoms with van der Waals surface area (Å²) in [6.45, 7) is 19.2. The fourth-order valence-electron chi connectivity index (χ4n) is 9.04. The minimum Gasteiger partial charge on any atom is -0.459 e. The van der Waals surface area contributed by atoms with E-state index in [4.69, 9.17) is 34.8 Å². The molecule has 0 bridgehead atoms. The number of nitrogens with zero attached hydrogens (tertiary/aromatic N) is 2. The van der Waals surface area contributed by atoms with E-state index in [0.717, 1.165) is 13.0 Å². The van der Waals surface area contributed by atoms with Crippen molar-refractivity contribution in [1.29, 1.82) is 0 Å². The molecule has 0 aromatic heterocycles. The highest BCUT2D eigenvalue weighted by molar-refractivity contribution is 5.73. The van der Waals surface area contributed by atoms with E-state index in [1.54, 1.807) is 34.6 Å². The first-order valence-corrected chi connectivity index (χ1v) is 20.0. The van der Waals surface area contributed by atoms with E-state index in [0.29, 0.717) is 25.8 Å². The Labute approximate surface area is 325 Å². The van der Waals surface area contributed by atoms with Gasteiger partial charge in [-0.2, -0.15) is 0 Å². The number of esters is 1. The first-order chi connectivity index (χ1) is 25.0. The summed E-state index contributed by atoms with van der Waals surface area (Å²) in [5.74, 6) is 0.368. The van der Waals surface area contributed by atoms with Crippen molar-refractivity contribution in [3.63, 3.8) is 0 Å². The van der Waals surface area contributed by atoms with Crippen molar-refractivity contribution in [3.8, 4) is 12.3 Å². The highest BCUT2D eigenvalue weighted by Crippen LogP contribution is 2.40. The van der Waals surface area contributed by atoms with E-state index >= 15 is 0 Å². The molecule has 3 saturated heterocycles. The Morgan fingerprint density at radius 1 is 0.981 bits per heavy atom. The van der Waals surface area contributed by atoms with Crippen LogP contribution in [0, 0.1) is 30.1 Å². The number of carbonyl (C=O) groups excluding carboxylic acids is 1. The second-order valence-corrected chi connectivity index (χ2v) is 17.5. The third-order valence-corrected chi connectivity index (χ3v) is 12.6. The summed E-state index contributed by atoms with van der Waals surface area (Å²) in [5, 5.41) is 46.8. The first kappa shape index (κ1) is 47.0. The maximum Gasteiger partial charge on any atom is 0.311 e. The zero-order chi connectivity index (χ0) is 40.9. The molecular weight excluding hydrogens is 696 g/mol. The van der Waals surface area contributed by atoms with E-state index < -0.39 is 89.9 Å².